The number of pyridine rings is 1. The zero-order chi connectivity index (χ0) is 17.4. The lowest BCUT2D eigenvalue weighted by molar-refractivity contribution is 0.0717. The Morgan fingerprint density at radius 3 is 2.52 bits per heavy atom. The van der Waals surface area contributed by atoms with Crippen molar-refractivity contribution in [1.29, 1.82) is 0 Å². The van der Waals surface area contributed by atoms with Gasteiger partial charge in [0.2, 0.25) is 0 Å². The van der Waals surface area contributed by atoms with Crippen LogP contribution in [0.3, 0.4) is 0 Å². The summed E-state index contributed by atoms with van der Waals surface area (Å²) in [6.07, 6.45) is 0. The molecule has 4 rings (SSSR count). The first-order valence-electron chi connectivity index (χ1n) is 8.27. The summed E-state index contributed by atoms with van der Waals surface area (Å²) in [5.41, 5.74) is 3.18. The van der Waals surface area contributed by atoms with E-state index < -0.39 is 0 Å². The van der Waals surface area contributed by atoms with E-state index in [1.54, 1.807) is 23.1 Å². The van der Waals surface area contributed by atoms with Crippen molar-refractivity contribution >= 4 is 22.7 Å². The molecule has 0 aliphatic carbocycles. The van der Waals surface area contributed by atoms with Gasteiger partial charge < -0.3 is 14.2 Å². The van der Waals surface area contributed by atoms with Crippen molar-refractivity contribution in [2.45, 2.75) is 6.92 Å². The van der Waals surface area contributed by atoms with E-state index in [0.29, 0.717) is 43.0 Å². The van der Waals surface area contributed by atoms with Crippen molar-refractivity contribution in [2.24, 2.45) is 0 Å². The number of hydrogen-bond acceptors (Lipinski definition) is 4. The molecule has 0 radical (unpaired) electrons. The number of rotatable bonds is 2. The van der Waals surface area contributed by atoms with Gasteiger partial charge in [0.15, 0.2) is 11.3 Å². The molecule has 0 bridgehead atoms. The summed E-state index contributed by atoms with van der Waals surface area (Å²) >= 11 is 0. The Kier molecular flexibility index (Phi) is 3.87. The maximum Gasteiger partial charge on any atom is 0.289 e. The average Bonchev–Trinajstić information content (AvgIpc) is 3.05. The first-order chi connectivity index (χ1) is 12.1. The van der Waals surface area contributed by atoms with E-state index in [2.05, 4.69) is 9.88 Å². The maximum absolute atomic E-state index is 13.0. The number of benzene rings is 1. The molecule has 5 nitrogen and oxygen atoms in total. The highest BCUT2D eigenvalue weighted by atomic mass is 19.1. The number of aromatic nitrogens is 1. The molecule has 1 saturated heterocycles. The standard InChI is InChI=1S/C19H18FN3O2/c1-13-2-7-17-16(21-13)12-18(25-17)19(24)23-10-8-22(9-11-23)15-5-3-14(20)4-6-15/h2-7,12H,8-11H2,1H3. The SMILES string of the molecule is Cc1ccc2oc(C(=O)N3CCN(c4ccc(F)cc4)CC3)cc2n1. The second kappa shape index (κ2) is 6.20. The number of hydrogen-bond donors (Lipinski definition) is 0. The molecule has 0 N–H and O–H groups in total. The Hall–Kier alpha value is -2.89. The van der Waals surface area contributed by atoms with E-state index in [1.807, 2.05) is 19.1 Å². The van der Waals surface area contributed by atoms with Gasteiger partial charge in [-0.3, -0.25) is 4.79 Å². The van der Waals surface area contributed by atoms with Crippen molar-refractivity contribution in [1.82, 2.24) is 9.88 Å². The highest BCUT2D eigenvalue weighted by Gasteiger charge is 2.25. The number of amides is 1. The number of halogens is 1. The van der Waals surface area contributed by atoms with Crippen molar-refractivity contribution in [3.63, 3.8) is 0 Å². The average molecular weight is 339 g/mol. The van der Waals surface area contributed by atoms with Crippen LogP contribution in [0.2, 0.25) is 0 Å². The van der Waals surface area contributed by atoms with Crippen LogP contribution in [0, 0.1) is 12.7 Å². The summed E-state index contributed by atoms with van der Waals surface area (Å²) in [5, 5.41) is 0. The van der Waals surface area contributed by atoms with Crippen molar-refractivity contribution in [3.05, 3.63) is 59.7 Å². The number of nitrogens with zero attached hydrogens (tertiary/aromatic N) is 3. The predicted molar refractivity (Wildman–Crippen MR) is 93.3 cm³/mol. The Balaban J connectivity index is 1.46. The number of fused-ring (bicyclic) bond motifs is 1. The normalized spacial score (nSPS) is 15.0. The van der Waals surface area contributed by atoms with Gasteiger partial charge in [-0.1, -0.05) is 0 Å². The highest BCUT2D eigenvalue weighted by Crippen LogP contribution is 2.21. The lowest BCUT2D eigenvalue weighted by Gasteiger charge is -2.35. The predicted octanol–water partition coefficient (Wildman–Crippen LogP) is 3.24. The molecule has 1 amide bonds. The topological polar surface area (TPSA) is 49.6 Å². The van der Waals surface area contributed by atoms with E-state index in [0.717, 1.165) is 11.4 Å². The summed E-state index contributed by atoms with van der Waals surface area (Å²) in [7, 11) is 0. The van der Waals surface area contributed by atoms with Crippen LogP contribution in [-0.4, -0.2) is 42.0 Å². The fourth-order valence-electron chi connectivity index (χ4n) is 3.11. The van der Waals surface area contributed by atoms with E-state index >= 15 is 0 Å². The van der Waals surface area contributed by atoms with Crippen LogP contribution in [0.4, 0.5) is 10.1 Å². The van der Waals surface area contributed by atoms with Crippen LogP contribution in [0.1, 0.15) is 16.2 Å². The van der Waals surface area contributed by atoms with Crippen LogP contribution in [-0.2, 0) is 0 Å². The quantitative estimate of drug-likeness (QED) is 0.719. The smallest absolute Gasteiger partial charge is 0.289 e. The Bertz CT molecular complexity index is 912. The van der Waals surface area contributed by atoms with Gasteiger partial charge in [0.25, 0.3) is 5.91 Å². The minimum atomic E-state index is -0.244. The molecule has 3 heterocycles. The molecule has 0 saturated carbocycles. The molecular weight excluding hydrogens is 321 g/mol. The highest BCUT2D eigenvalue weighted by molar-refractivity contribution is 5.95. The molecule has 3 aromatic rings. The lowest BCUT2D eigenvalue weighted by Crippen LogP contribution is -2.48. The third-order valence-electron chi connectivity index (χ3n) is 4.48. The zero-order valence-electron chi connectivity index (χ0n) is 13.9. The number of furan rings is 1. The minimum absolute atomic E-state index is 0.116. The van der Waals surface area contributed by atoms with E-state index in [1.165, 1.54) is 12.1 Å². The molecule has 25 heavy (non-hydrogen) atoms. The second-order valence-electron chi connectivity index (χ2n) is 6.20. The Labute approximate surface area is 144 Å². The number of aryl methyl sites for hydroxylation is 1. The first-order valence-corrected chi connectivity index (χ1v) is 8.27. The van der Waals surface area contributed by atoms with E-state index in [9.17, 15) is 9.18 Å². The van der Waals surface area contributed by atoms with Crippen LogP contribution in [0.15, 0.2) is 46.9 Å². The Morgan fingerprint density at radius 2 is 1.80 bits per heavy atom. The van der Waals surface area contributed by atoms with Gasteiger partial charge >= 0.3 is 0 Å². The number of anilines is 1. The van der Waals surface area contributed by atoms with Crippen LogP contribution in [0.5, 0.6) is 0 Å². The molecule has 1 aromatic carbocycles. The van der Waals surface area contributed by atoms with Gasteiger partial charge in [-0.25, -0.2) is 9.37 Å². The van der Waals surface area contributed by atoms with Gasteiger partial charge in [-0.05, 0) is 43.3 Å². The lowest BCUT2D eigenvalue weighted by atomic mass is 10.2. The largest absolute Gasteiger partial charge is 0.449 e. The summed E-state index contributed by atoms with van der Waals surface area (Å²) in [6, 6.07) is 11.8. The first kappa shape index (κ1) is 15.6. The molecule has 6 heteroatoms. The molecule has 1 fully saturated rings. The van der Waals surface area contributed by atoms with E-state index in [4.69, 9.17) is 4.42 Å². The zero-order valence-corrected chi connectivity index (χ0v) is 13.9. The summed E-state index contributed by atoms with van der Waals surface area (Å²) in [6.45, 7) is 4.51. The van der Waals surface area contributed by atoms with Crippen molar-refractivity contribution in [2.75, 3.05) is 31.1 Å². The van der Waals surface area contributed by atoms with Crippen molar-refractivity contribution in [3.8, 4) is 0 Å². The summed E-state index contributed by atoms with van der Waals surface area (Å²) in [4.78, 5) is 21.0. The number of piperazine rings is 1. The number of carbonyl (C=O) groups excluding carboxylic acids is 1. The Morgan fingerprint density at radius 1 is 1.08 bits per heavy atom. The van der Waals surface area contributed by atoms with E-state index in [-0.39, 0.29) is 11.7 Å². The molecule has 128 valence electrons. The third-order valence-corrected chi connectivity index (χ3v) is 4.48. The number of carbonyl (C=O) groups is 1. The van der Waals surface area contributed by atoms with Crippen LogP contribution in [0.25, 0.3) is 11.1 Å². The van der Waals surface area contributed by atoms with Gasteiger partial charge in [0.05, 0.1) is 0 Å². The molecule has 0 atom stereocenters. The molecule has 0 unspecified atom stereocenters. The van der Waals surface area contributed by atoms with Gasteiger partial charge in [0, 0.05) is 43.6 Å². The van der Waals surface area contributed by atoms with Gasteiger partial charge in [-0.2, -0.15) is 0 Å². The fraction of sp³-hybridized carbons (Fsp3) is 0.263. The monoisotopic (exact) mass is 339 g/mol. The molecule has 0 spiro atoms. The molecule has 1 aliphatic rings. The molecule has 1 aliphatic heterocycles. The molecule has 2 aromatic heterocycles. The van der Waals surface area contributed by atoms with Gasteiger partial charge in [0.1, 0.15) is 11.3 Å². The van der Waals surface area contributed by atoms with Gasteiger partial charge in [-0.15, -0.1) is 0 Å². The van der Waals surface area contributed by atoms with Crippen molar-refractivity contribution < 1.29 is 13.6 Å². The summed E-state index contributed by atoms with van der Waals surface area (Å²) < 4.78 is 18.7. The maximum atomic E-state index is 13.0. The van der Waals surface area contributed by atoms with Crippen LogP contribution >= 0.6 is 0 Å². The molecular formula is C19H18FN3O2. The summed E-state index contributed by atoms with van der Waals surface area (Å²) in [5.74, 6) is -0.0379. The third kappa shape index (κ3) is 3.07. The minimum Gasteiger partial charge on any atom is -0.449 e. The fourth-order valence-corrected chi connectivity index (χ4v) is 3.11. The second-order valence-corrected chi connectivity index (χ2v) is 6.20. The van der Waals surface area contributed by atoms with Crippen LogP contribution < -0.4 is 4.90 Å².